The number of rotatable bonds is 3. The van der Waals surface area contributed by atoms with Crippen LogP contribution in [0.4, 0.5) is 5.69 Å². The van der Waals surface area contributed by atoms with E-state index in [1.807, 2.05) is 66.7 Å². The summed E-state index contributed by atoms with van der Waals surface area (Å²) in [7, 11) is 0. The summed E-state index contributed by atoms with van der Waals surface area (Å²) in [6.07, 6.45) is 3.90. The summed E-state index contributed by atoms with van der Waals surface area (Å²) in [4.78, 5) is 10.0. The van der Waals surface area contributed by atoms with Crippen molar-refractivity contribution in [2.45, 2.75) is 0 Å². The fourth-order valence-electron chi connectivity index (χ4n) is 1.72. The van der Waals surface area contributed by atoms with Gasteiger partial charge in [-0.1, -0.05) is 17.7 Å². The molecule has 3 nitrogen and oxygen atoms in total. The summed E-state index contributed by atoms with van der Waals surface area (Å²) in [6.45, 7) is 0. The molecule has 0 saturated carbocycles. The van der Waals surface area contributed by atoms with Crippen LogP contribution in [0.25, 0.3) is 12.2 Å². The van der Waals surface area contributed by atoms with Crippen LogP contribution in [0.2, 0.25) is 0 Å². The fraction of sp³-hybridized carbons (Fsp3) is 0. The van der Waals surface area contributed by atoms with Crippen molar-refractivity contribution < 1.29 is 22.0 Å². The van der Waals surface area contributed by atoms with E-state index in [1.54, 1.807) is 12.1 Å². The second-order valence-corrected chi connectivity index (χ2v) is 4.36. The number of nitrogens with zero attached hydrogens (tertiary/aromatic N) is 1. The van der Waals surface area contributed by atoms with E-state index in [-0.39, 0.29) is 22.8 Å². The number of non-ortho nitro benzene ring substituents is 1. The zero-order chi connectivity index (χ0) is 14.9. The van der Waals surface area contributed by atoms with E-state index in [0.29, 0.717) is 0 Å². The molecular weight excluding hydrogens is 318 g/mol. The topological polar surface area (TPSA) is 43.1 Å². The third kappa shape index (κ3) is 5.92. The monoisotopic (exact) mass is 333 g/mol. The SMILES string of the molecule is O=[N+]([O-])c1ccc(C=C[c-]2cccc2)cc1.[Fe+2].c1cc[cH-]c1. The summed E-state index contributed by atoms with van der Waals surface area (Å²) in [5.74, 6) is 0. The smallest absolute Gasteiger partial charge is 0.258 e. The van der Waals surface area contributed by atoms with Crippen molar-refractivity contribution in [2.75, 3.05) is 0 Å². The largest absolute Gasteiger partial charge is 2.00 e. The molecule has 0 aliphatic heterocycles. The molecule has 3 rings (SSSR count). The van der Waals surface area contributed by atoms with Gasteiger partial charge in [0.1, 0.15) is 0 Å². The second kappa shape index (κ2) is 9.50. The van der Waals surface area contributed by atoms with Crippen LogP contribution in [0.5, 0.6) is 0 Å². The zero-order valence-electron chi connectivity index (χ0n) is 11.8. The molecule has 0 aliphatic rings. The maximum absolute atomic E-state index is 10.4. The molecule has 0 fully saturated rings. The molecule has 0 heterocycles. The Labute approximate surface area is 140 Å². The van der Waals surface area contributed by atoms with Crippen LogP contribution in [-0.2, 0) is 17.1 Å². The third-order valence-corrected chi connectivity index (χ3v) is 2.82. The molecule has 0 unspecified atom stereocenters. The molecule has 0 aromatic heterocycles. The van der Waals surface area contributed by atoms with Crippen LogP contribution in [0, 0.1) is 10.1 Å². The van der Waals surface area contributed by atoms with Gasteiger partial charge >= 0.3 is 17.1 Å². The predicted molar refractivity (Wildman–Crippen MR) is 86.1 cm³/mol. The van der Waals surface area contributed by atoms with E-state index in [9.17, 15) is 10.1 Å². The summed E-state index contributed by atoms with van der Waals surface area (Å²) in [6, 6.07) is 24.4. The third-order valence-electron chi connectivity index (χ3n) is 2.82. The number of benzene rings is 1. The Bertz CT molecular complexity index is 651. The van der Waals surface area contributed by atoms with Gasteiger partial charge < -0.3 is 0 Å². The average molecular weight is 333 g/mol. The van der Waals surface area contributed by atoms with Gasteiger partial charge in [0.25, 0.3) is 5.69 Å². The van der Waals surface area contributed by atoms with Gasteiger partial charge in [0.15, 0.2) is 0 Å². The molecule has 22 heavy (non-hydrogen) atoms. The van der Waals surface area contributed by atoms with Gasteiger partial charge in [-0.3, -0.25) is 10.1 Å². The fourth-order valence-corrected chi connectivity index (χ4v) is 1.72. The van der Waals surface area contributed by atoms with E-state index < -0.39 is 4.92 Å². The van der Waals surface area contributed by atoms with Gasteiger partial charge in [-0.05, 0) is 0 Å². The Balaban J connectivity index is 0.000000344. The van der Waals surface area contributed by atoms with E-state index in [4.69, 9.17) is 0 Å². The van der Waals surface area contributed by atoms with Crippen molar-refractivity contribution in [3.63, 3.8) is 0 Å². The first-order valence-corrected chi connectivity index (χ1v) is 6.56. The Morgan fingerprint density at radius 3 is 2.05 bits per heavy atom. The van der Waals surface area contributed by atoms with Crippen LogP contribution in [0.1, 0.15) is 11.1 Å². The van der Waals surface area contributed by atoms with E-state index in [1.165, 1.54) is 12.1 Å². The Hall–Kier alpha value is -2.42. The molecule has 3 aromatic carbocycles. The number of hydrogen-bond acceptors (Lipinski definition) is 2. The summed E-state index contributed by atoms with van der Waals surface area (Å²) >= 11 is 0. The number of hydrogen-bond donors (Lipinski definition) is 0. The summed E-state index contributed by atoms with van der Waals surface area (Å²) in [5, 5.41) is 10.4. The second-order valence-electron chi connectivity index (χ2n) is 4.36. The Kier molecular flexibility index (Phi) is 7.62. The van der Waals surface area contributed by atoms with Gasteiger partial charge in [-0.2, -0.15) is 30.3 Å². The minimum Gasteiger partial charge on any atom is -0.258 e. The minimum atomic E-state index is -0.398. The maximum Gasteiger partial charge on any atom is 2.00 e. The van der Waals surface area contributed by atoms with Crippen LogP contribution < -0.4 is 0 Å². The molecule has 0 N–H and O–H groups in total. The minimum absolute atomic E-state index is 0. The Morgan fingerprint density at radius 1 is 1.00 bits per heavy atom. The van der Waals surface area contributed by atoms with Crippen molar-refractivity contribution in [3.05, 3.63) is 100 Å². The van der Waals surface area contributed by atoms with E-state index in [0.717, 1.165) is 11.1 Å². The van der Waals surface area contributed by atoms with Crippen molar-refractivity contribution in [2.24, 2.45) is 0 Å². The van der Waals surface area contributed by atoms with E-state index in [2.05, 4.69) is 0 Å². The average Bonchev–Trinajstić information content (AvgIpc) is 3.21. The van der Waals surface area contributed by atoms with Crippen LogP contribution in [0.15, 0.2) is 78.9 Å². The molecule has 4 heteroatoms. The first kappa shape index (κ1) is 17.6. The van der Waals surface area contributed by atoms with Crippen molar-refractivity contribution in [1.82, 2.24) is 0 Å². The van der Waals surface area contributed by atoms with Gasteiger partial charge in [0.05, 0.1) is 4.92 Å². The standard InChI is InChI=1S/C13H10NO2.C5H5.Fe/c15-14(16)13-9-7-12(8-10-13)6-5-11-3-1-2-4-11;1-2-4-5-3-1;/h1-10H;1-5H;/q2*-1;+2. The molecule has 0 saturated heterocycles. The normalized spacial score (nSPS) is 9.64. The molecular formula is C18H15FeNO2. The zero-order valence-corrected chi connectivity index (χ0v) is 12.9. The summed E-state index contributed by atoms with van der Waals surface area (Å²) in [5.41, 5.74) is 2.19. The van der Waals surface area contributed by atoms with Crippen LogP contribution in [0.3, 0.4) is 0 Å². The predicted octanol–water partition coefficient (Wildman–Crippen LogP) is 4.89. The molecule has 112 valence electrons. The molecule has 0 amide bonds. The van der Waals surface area contributed by atoms with Crippen molar-refractivity contribution in [3.8, 4) is 0 Å². The molecule has 3 aromatic rings. The molecule has 0 bridgehead atoms. The van der Waals surface area contributed by atoms with Gasteiger partial charge in [0.2, 0.25) is 0 Å². The molecule has 0 spiro atoms. The van der Waals surface area contributed by atoms with Crippen LogP contribution >= 0.6 is 0 Å². The van der Waals surface area contributed by atoms with Gasteiger partial charge in [0, 0.05) is 12.1 Å². The van der Waals surface area contributed by atoms with Gasteiger partial charge in [-0.15, -0.1) is 29.8 Å². The van der Waals surface area contributed by atoms with E-state index >= 15 is 0 Å². The number of nitro benzene ring substituents is 1. The first-order valence-electron chi connectivity index (χ1n) is 6.56. The number of nitro groups is 1. The Morgan fingerprint density at radius 2 is 1.59 bits per heavy atom. The first-order chi connectivity index (χ1) is 10.3. The summed E-state index contributed by atoms with van der Waals surface area (Å²) < 4.78 is 0. The van der Waals surface area contributed by atoms with Crippen molar-refractivity contribution in [1.29, 1.82) is 0 Å². The van der Waals surface area contributed by atoms with Crippen molar-refractivity contribution >= 4 is 17.8 Å². The molecule has 0 atom stereocenters. The quantitative estimate of drug-likeness (QED) is 0.296. The van der Waals surface area contributed by atoms with Crippen LogP contribution in [-0.4, -0.2) is 4.92 Å². The molecule has 0 aliphatic carbocycles. The molecule has 0 radical (unpaired) electrons. The van der Waals surface area contributed by atoms with Gasteiger partial charge in [-0.25, -0.2) is 12.1 Å². The maximum atomic E-state index is 10.4.